The fraction of sp³-hybridized carbons (Fsp3) is 0.727. The fourth-order valence-electron chi connectivity index (χ4n) is 1.49. The van der Waals surface area contributed by atoms with Gasteiger partial charge in [0.15, 0.2) is 0 Å². The summed E-state index contributed by atoms with van der Waals surface area (Å²) in [6.07, 6.45) is 7.35. The summed E-state index contributed by atoms with van der Waals surface area (Å²) in [7, 11) is 0. The van der Waals surface area contributed by atoms with E-state index < -0.39 is 0 Å². The highest BCUT2D eigenvalue weighted by Gasteiger charge is 2.09. The normalized spacial score (nSPS) is 15.6. The van der Waals surface area contributed by atoms with Crippen LogP contribution in [0, 0.1) is 11.8 Å². The molecule has 2 unspecified atom stereocenters. The Morgan fingerprint density at radius 2 is 2.15 bits per heavy atom. The van der Waals surface area contributed by atoms with Crippen molar-refractivity contribution < 1.29 is 0 Å². The number of nitrogens with one attached hydrogen (secondary N) is 1. The third-order valence-corrected chi connectivity index (χ3v) is 3.04. The molecule has 0 aliphatic carbocycles. The summed E-state index contributed by atoms with van der Waals surface area (Å²) in [6.45, 7) is 6.93. The van der Waals surface area contributed by atoms with Crippen LogP contribution in [0.25, 0.3) is 0 Å². The molecule has 0 saturated heterocycles. The van der Waals surface area contributed by atoms with Crippen LogP contribution in [0.2, 0.25) is 0 Å². The molecule has 74 valence electrons. The number of hydrogen-bond donors (Lipinski definition) is 1. The molecule has 1 aromatic heterocycles. The zero-order valence-electron chi connectivity index (χ0n) is 8.88. The average molecular weight is 180 g/mol. The molecule has 1 heterocycles. The minimum absolute atomic E-state index is 0.813. The topological polar surface area (TPSA) is 28.7 Å². The van der Waals surface area contributed by atoms with Gasteiger partial charge in [0.2, 0.25) is 0 Å². The zero-order chi connectivity index (χ0) is 9.68. The molecule has 1 aromatic rings. The van der Waals surface area contributed by atoms with Crippen molar-refractivity contribution in [3.05, 3.63) is 18.2 Å². The van der Waals surface area contributed by atoms with Crippen LogP contribution in [0.1, 0.15) is 39.3 Å². The monoisotopic (exact) mass is 180 g/mol. The Morgan fingerprint density at radius 3 is 2.69 bits per heavy atom. The summed E-state index contributed by atoms with van der Waals surface area (Å²) < 4.78 is 0. The van der Waals surface area contributed by atoms with Crippen LogP contribution in [-0.4, -0.2) is 9.97 Å². The number of aromatic nitrogens is 2. The highest BCUT2D eigenvalue weighted by molar-refractivity contribution is 4.94. The minimum atomic E-state index is 0.813. The fourth-order valence-corrected chi connectivity index (χ4v) is 1.49. The Hall–Kier alpha value is -0.790. The first-order chi connectivity index (χ1) is 6.24. The van der Waals surface area contributed by atoms with Gasteiger partial charge in [0.25, 0.3) is 0 Å². The molecule has 2 heteroatoms. The Labute approximate surface area is 80.8 Å². The molecule has 13 heavy (non-hydrogen) atoms. The molecule has 2 nitrogen and oxygen atoms in total. The van der Waals surface area contributed by atoms with E-state index in [1.54, 1.807) is 6.33 Å². The molecule has 0 spiro atoms. The zero-order valence-corrected chi connectivity index (χ0v) is 8.88. The first kappa shape index (κ1) is 10.3. The molecule has 0 radical (unpaired) electrons. The maximum absolute atomic E-state index is 4.01. The van der Waals surface area contributed by atoms with Crippen molar-refractivity contribution in [1.82, 2.24) is 9.97 Å². The molecule has 0 amide bonds. The molecule has 1 N–H and O–H groups in total. The SMILES string of the molecule is CCC(C)C(C)CCc1cnc[nH]1. The van der Waals surface area contributed by atoms with E-state index in [0.717, 1.165) is 18.3 Å². The largest absolute Gasteiger partial charge is 0.348 e. The molecule has 0 aliphatic rings. The molecule has 0 aliphatic heterocycles. The Bertz CT molecular complexity index is 216. The van der Waals surface area contributed by atoms with Gasteiger partial charge in [-0.25, -0.2) is 4.98 Å². The first-order valence-corrected chi connectivity index (χ1v) is 5.21. The van der Waals surface area contributed by atoms with E-state index in [4.69, 9.17) is 0 Å². The lowest BCUT2D eigenvalue weighted by Crippen LogP contribution is -2.07. The highest BCUT2D eigenvalue weighted by Crippen LogP contribution is 2.19. The van der Waals surface area contributed by atoms with E-state index >= 15 is 0 Å². The van der Waals surface area contributed by atoms with E-state index in [1.807, 2.05) is 6.20 Å². The van der Waals surface area contributed by atoms with Crippen LogP contribution in [0.15, 0.2) is 12.5 Å². The molecular weight excluding hydrogens is 160 g/mol. The Balaban J connectivity index is 2.26. The lowest BCUT2D eigenvalue weighted by molar-refractivity contribution is 0.354. The summed E-state index contributed by atoms with van der Waals surface area (Å²) in [4.78, 5) is 7.15. The van der Waals surface area contributed by atoms with Crippen LogP contribution in [0.4, 0.5) is 0 Å². The number of hydrogen-bond acceptors (Lipinski definition) is 1. The van der Waals surface area contributed by atoms with Gasteiger partial charge in [-0.2, -0.15) is 0 Å². The van der Waals surface area contributed by atoms with Crippen LogP contribution in [0.5, 0.6) is 0 Å². The number of aryl methyl sites for hydroxylation is 1. The smallest absolute Gasteiger partial charge is 0.0921 e. The molecule has 1 rings (SSSR count). The van der Waals surface area contributed by atoms with Crippen molar-refractivity contribution in [3.63, 3.8) is 0 Å². The van der Waals surface area contributed by atoms with Crippen LogP contribution in [0.3, 0.4) is 0 Å². The molecule has 2 atom stereocenters. The Kier molecular flexibility index (Phi) is 4.00. The van der Waals surface area contributed by atoms with Gasteiger partial charge < -0.3 is 4.98 Å². The van der Waals surface area contributed by atoms with Gasteiger partial charge in [0.05, 0.1) is 6.33 Å². The molecule has 0 bridgehead atoms. The number of H-pyrrole nitrogens is 1. The van der Waals surface area contributed by atoms with Crippen molar-refractivity contribution in [3.8, 4) is 0 Å². The second-order valence-electron chi connectivity index (χ2n) is 3.98. The highest BCUT2D eigenvalue weighted by atomic mass is 14.9. The lowest BCUT2D eigenvalue weighted by atomic mass is 9.89. The van der Waals surface area contributed by atoms with Gasteiger partial charge in [0.1, 0.15) is 0 Å². The molecular formula is C11H20N2. The summed E-state index contributed by atoms with van der Waals surface area (Å²) in [5.74, 6) is 1.65. The first-order valence-electron chi connectivity index (χ1n) is 5.21. The predicted octanol–water partition coefficient (Wildman–Crippen LogP) is 3.02. The lowest BCUT2D eigenvalue weighted by Gasteiger charge is -2.17. The van der Waals surface area contributed by atoms with Gasteiger partial charge in [-0.1, -0.05) is 27.2 Å². The van der Waals surface area contributed by atoms with Crippen LogP contribution < -0.4 is 0 Å². The maximum Gasteiger partial charge on any atom is 0.0921 e. The second kappa shape index (κ2) is 5.05. The number of imidazole rings is 1. The van der Waals surface area contributed by atoms with Crippen molar-refractivity contribution in [2.75, 3.05) is 0 Å². The van der Waals surface area contributed by atoms with Gasteiger partial charge in [-0.3, -0.25) is 0 Å². The number of aromatic amines is 1. The van der Waals surface area contributed by atoms with E-state index in [2.05, 4.69) is 30.7 Å². The van der Waals surface area contributed by atoms with Crippen molar-refractivity contribution in [1.29, 1.82) is 0 Å². The van der Waals surface area contributed by atoms with E-state index in [0.29, 0.717) is 0 Å². The number of rotatable bonds is 5. The summed E-state index contributed by atoms with van der Waals surface area (Å²) >= 11 is 0. The van der Waals surface area contributed by atoms with Crippen molar-refractivity contribution in [2.24, 2.45) is 11.8 Å². The van der Waals surface area contributed by atoms with E-state index in [-0.39, 0.29) is 0 Å². The van der Waals surface area contributed by atoms with Crippen molar-refractivity contribution in [2.45, 2.75) is 40.0 Å². The third kappa shape index (κ3) is 3.21. The standard InChI is InChI=1S/C11H20N2/c1-4-9(2)10(3)5-6-11-7-12-8-13-11/h7-10H,4-6H2,1-3H3,(H,12,13). The van der Waals surface area contributed by atoms with Gasteiger partial charge >= 0.3 is 0 Å². The summed E-state index contributed by atoms with van der Waals surface area (Å²) in [5.41, 5.74) is 1.26. The van der Waals surface area contributed by atoms with Gasteiger partial charge in [0, 0.05) is 11.9 Å². The van der Waals surface area contributed by atoms with Gasteiger partial charge in [-0.05, 0) is 24.7 Å². The van der Waals surface area contributed by atoms with E-state index in [1.165, 1.54) is 18.5 Å². The van der Waals surface area contributed by atoms with Crippen LogP contribution in [-0.2, 0) is 6.42 Å². The minimum Gasteiger partial charge on any atom is -0.348 e. The summed E-state index contributed by atoms with van der Waals surface area (Å²) in [5, 5.41) is 0. The molecule has 0 saturated carbocycles. The van der Waals surface area contributed by atoms with Crippen LogP contribution >= 0.6 is 0 Å². The molecule has 0 aromatic carbocycles. The van der Waals surface area contributed by atoms with Gasteiger partial charge in [-0.15, -0.1) is 0 Å². The molecule has 0 fully saturated rings. The summed E-state index contributed by atoms with van der Waals surface area (Å²) in [6, 6.07) is 0. The quantitative estimate of drug-likeness (QED) is 0.741. The predicted molar refractivity (Wildman–Crippen MR) is 55.5 cm³/mol. The number of nitrogens with zero attached hydrogens (tertiary/aromatic N) is 1. The second-order valence-corrected chi connectivity index (χ2v) is 3.98. The third-order valence-electron chi connectivity index (χ3n) is 3.04. The average Bonchev–Trinajstić information content (AvgIpc) is 2.65. The van der Waals surface area contributed by atoms with E-state index in [9.17, 15) is 0 Å². The Morgan fingerprint density at radius 1 is 1.38 bits per heavy atom. The maximum atomic E-state index is 4.01. The van der Waals surface area contributed by atoms with Crippen molar-refractivity contribution >= 4 is 0 Å².